The molecule has 0 aromatic heterocycles. The average molecular weight is 475 g/mol. The van der Waals surface area contributed by atoms with Gasteiger partial charge in [-0.05, 0) is 67.1 Å². The molecule has 8 nitrogen and oxygen atoms in total. The monoisotopic (exact) mass is 474 g/mol. The van der Waals surface area contributed by atoms with E-state index in [-0.39, 0.29) is 11.4 Å². The van der Waals surface area contributed by atoms with Crippen LogP contribution in [0.2, 0.25) is 0 Å². The minimum absolute atomic E-state index is 0.00928. The number of anilines is 1. The van der Waals surface area contributed by atoms with Crippen molar-refractivity contribution >= 4 is 29.5 Å². The summed E-state index contributed by atoms with van der Waals surface area (Å²) in [6.07, 6.45) is 1.50. The van der Waals surface area contributed by atoms with Crippen LogP contribution in [0.15, 0.2) is 78.5 Å². The number of esters is 1. The van der Waals surface area contributed by atoms with Crippen molar-refractivity contribution in [1.82, 2.24) is 5.32 Å². The summed E-state index contributed by atoms with van der Waals surface area (Å²) in [5, 5.41) is 5.45. The summed E-state index contributed by atoms with van der Waals surface area (Å²) >= 11 is 0. The fourth-order valence-corrected chi connectivity index (χ4v) is 3.12. The molecule has 0 aliphatic carbocycles. The van der Waals surface area contributed by atoms with Gasteiger partial charge in [-0.15, -0.1) is 0 Å². The molecular formula is C27H26N2O6. The molecule has 0 saturated heterocycles. The van der Waals surface area contributed by atoms with Crippen LogP contribution in [0, 0.1) is 0 Å². The topological polar surface area (TPSA) is 103 Å². The molecule has 0 unspecified atom stereocenters. The average Bonchev–Trinajstić information content (AvgIpc) is 2.86. The summed E-state index contributed by atoms with van der Waals surface area (Å²) in [5.74, 6) is -0.236. The zero-order valence-electron chi connectivity index (χ0n) is 19.7. The molecule has 0 fully saturated rings. The van der Waals surface area contributed by atoms with Gasteiger partial charge in [0.05, 0.1) is 13.7 Å². The minimum Gasteiger partial charge on any atom is -0.494 e. The molecule has 0 spiro atoms. The highest BCUT2D eigenvalue weighted by molar-refractivity contribution is 6.10. The highest BCUT2D eigenvalue weighted by Gasteiger charge is 2.16. The summed E-state index contributed by atoms with van der Waals surface area (Å²) < 4.78 is 15.9. The van der Waals surface area contributed by atoms with Crippen molar-refractivity contribution in [3.63, 3.8) is 0 Å². The van der Waals surface area contributed by atoms with Gasteiger partial charge in [-0.3, -0.25) is 14.4 Å². The number of hydrogen-bond acceptors (Lipinski definition) is 6. The summed E-state index contributed by atoms with van der Waals surface area (Å²) in [7, 11) is 1.44. The van der Waals surface area contributed by atoms with Gasteiger partial charge in [-0.1, -0.05) is 24.3 Å². The number of carbonyl (C=O) groups is 3. The van der Waals surface area contributed by atoms with Crippen molar-refractivity contribution < 1.29 is 28.6 Å². The lowest BCUT2D eigenvalue weighted by Crippen LogP contribution is -2.30. The van der Waals surface area contributed by atoms with Gasteiger partial charge >= 0.3 is 5.97 Å². The van der Waals surface area contributed by atoms with Crippen molar-refractivity contribution in [2.24, 2.45) is 0 Å². The second kappa shape index (κ2) is 12.0. The Kier molecular flexibility index (Phi) is 8.61. The SMILES string of the molecule is CCOc1ccc(NC(=O)/C(=C/c2ccc(OC(C)=O)c(OC)c2)NC(=O)c2ccccc2)cc1. The lowest BCUT2D eigenvalue weighted by molar-refractivity contribution is -0.132. The van der Waals surface area contributed by atoms with Gasteiger partial charge in [0.1, 0.15) is 11.4 Å². The van der Waals surface area contributed by atoms with Crippen LogP contribution in [0.5, 0.6) is 17.2 Å². The second-order valence-corrected chi connectivity index (χ2v) is 7.29. The molecule has 0 aliphatic rings. The maximum absolute atomic E-state index is 13.1. The Balaban J connectivity index is 1.91. The van der Waals surface area contributed by atoms with Gasteiger partial charge < -0.3 is 24.8 Å². The highest BCUT2D eigenvalue weighted by Crippen LogP contribution is 2.29. The largest absolute Gasteiger partial charge is 0.494 e. The van der Waals surface area contributed by atoms with Crippen LogP contribution in [0.3, 0.4) is 0 Å². The Morgan fingerprint density at radius 1 is 0.914 bits per heavy atom. The van der Waals surface area contributed by atoms with E-state index in [1.807, 2.05) is 6.92 Å². The fraction of sp³-hybridized carbons (Fsp3) is 0.148. The van der Waals surface area contributed by atoms with Crippen LogP contribution in [0.25, 0.3) is 6.08 Å². The van der Waals surface area contributed by atoms with Crippen molar-refractivity contribution in [2.45, 2.75) is 13.8 Å². The normalized spacial score (nSPS) is 10.8. The third kappa shape index (κ3) is 7.20. The van der Waals surface area contributed by atoms with E-state index in [9.17, 15) is 14.4 Å². The standard InChI is InChI=1S/C27H26N2O6/c1-4-34-22-13-11-21(12-14-22)28-27(32)23(29-26(31)20-8-6-5-7-9-20)16-19-10-15-24(35-18(2)30)25(17-19)33-3/h5-17H,4H2,1-3H3,(H,28,32)(H,29,31)/b23-16-. The van der Waals surface area contributed by atoms with Gasteiger partial charge in [-0.2, -0.15) is 0 Å². The van der Waals surface area contributed by atoms with Gasteiger partial charge in [0.25, 0.3) is 11.8 Å². The van der Waals surface area contributed by atoms with Crippen LogP contribution >= 0.6 is 0 Å². The number of methoxy groups -OCH3 is 1. The fourth-order valence-electron chi connectivity index (χ4n) is 3.12. The molecule has 0 radical (unpaired) electrons. The van der Waals surface area contributed by atoms with E-state index in [1.165, 1.54) is 20.1 Å². The van der Waals surface area contributed by atoms with Crippen molar-refractivity contribution in [1.29, 1.82) is 0 Å². The molecule has 0 heterocycles. The molecule has 0 atom stereocenters. The molecule has 3 aromatic carbocycles. The molecule has 3 rings (SSSR count). The first kappa shape index (κ1) is 25.0. The Hall–Kier alpha value is -4.59. The summed E-state index contributed by atoms with van der Waals surface area (Å²) in [6, 6.07) is 20.2. The summed E-state index contributed by atoms with van der Waals surface area (Å²) in [6.45, 7) is 3.70. The molecule has 8 heteroatoms. The predicted octanol–water partition coefficient (Wildman–Crippen LogP) is 4.43. The smallest absolute Gasteiger partial charge is 0.308 e. The van der Waals surface area contributed by atoms with Crippen molar-refractivity contribution in [3.05, 3.63) is 89.6 Å². The van der Waals surface area contributed by atoms with Gasteiger partial charge in [0, 0.05) is 18.2 Å². The Morgan fingerprint density at radius 3 is 2.26 bits per heavy atom. The number of hydrogen-bond donors (Lipinski definition) is 2. The lowest BCUT2D eigenvalue weighted by Gasteiger charge is -2.13. The Morgan fingerprint density at radius 2 is 1.63 bits per heavy atom. The summed E-state index contributed by atoms with van der Waals surface area (Å²) in [4.78, 5) is 37.2. The molecule has 35 heavy (non-hydrogen) atoms. The predicted molar refractivity (Wildman–Crippen MR) is 132 cm³/mol. The van der Waals surface area contributed by atoms with E-state index in [2.05, 4.69) is 10.6 Å². The highest BCUT2D eigenvalue weighted by atomic mass is 16.6. The number of amides is 2. The number of nitrogens with one attached hydrogen (secondary N) is 2. The molecule has 180 valence electrons. The molecule has 0 bridgehead atoms. The molecule has 0 aliphatic heterocycles. The van der Waals surface area contributed by atoms with Crippen LogP contribution in [0.4, 0.5) is 5.69 Å². The first-order valence-corrected chi connectivity index (χ1v) is 10.9. The molecule has 2 N–H and O–H groups in total. The molecule has 3 aromatic rings. The van der Waals surface area contributed by atoms with E-state index in [1.54, 1.807) is 72.8 Å². The third-order valence-electron chi connectivity index (χ3n) is 4.70. The number of carbonyl (C=O) groups excluding carboxylic acids is 3. The van der Waals surface area contributed by atoms with Gasteiger partial charge in [0.2, 0.25) is 0 Å². The quantitative estimate of drug-likeness (QED) is 0.270. The third-order valence-corrected chi connectivity index (χ3v) is 4.70. The van der Waals surface area contributed by atoms with E-state index in [0.29, 0.717) is 34.9 Å². The second-order valence-electron chi connectivity index (χ2n) is 7.29. The van der Waals surface area contributed by atoms with Crippen LogP contribution in [-0.2, 0) is 9.59 Å². The van der Waals surface area contributed by atoms with Gasteiger partial charge in [0.15, 0.2) is 11.5 Å². The molecular weight excluding hydrogens is 448 g/mol. The van der Waals surface area contributed by atoms with Crippen molar-refractivity contribution in [2.75, 3.05) is 19.0 Å². The Bertz CT molecular complexity index is 1220. The number of rotatable bonds is 9. The molecule has 2 amide bonds. The maximum Gasteiger partial charge on any atom is 0.308 e. The number of benzene rings is 3. The van der Waals surface area contributed by atoms with E-state index in [4.69, 9.17) is 14.2 Å². The minimum atomic E-state index is -0.526. The van der Waals surface area contributed by atoms with Crippen LogP contribution in [-0.4, -0.2) is 31.5 Å². The first-order chi connectivity index (χ1) is 16.9. The zero-order valence-corrected chi connectivity index (χ0v) is 19.7. The van der Waals surface area contributed by atoms with E-state index >= 15 is 0 Å². The van der Waals surface area contributed by atoms with Gasteiger partial charge in [-0.25, -0.2) is 0 Å². The van der Waals surface area contributed by atoms with E-state index in [0.717, 1.165) is 0 Å². The zero-order chi connectivity index (χ0) is 25.2. The number of ether oxygens (including phenoxy) is 3. The maximum atomic E-state index is 13.1. The summed E-state index contributed by atoms with van der Waals surface area (Å²) in [5.41, 5.74) is 1.48. The van der Waals surface area contributed by atoms with E-state index < -0.39 is 17.8 Å². The molecule has 0 saturated carbocycles. The first-order valence-electron chi connectivity index (χ1n) is 10.9. The Labute approximate surface area is 203 Å². The van der Waals surface area contributed by atoms with Crippen LogP contribution < -0.4 is 24.8 Å². The van der Waals surface area contributed by atoms with Crippen molar-refractivity contribution in [3.8, 4) is 17.2 Å². The lowest BCUT2D eigenvalue weighted by atomic mass is 10.1. The van der Waals surface area contributed by atoms with Crippen LogP contribution in [0.1, 0.15) is 29.8 Å².